The molecule has 7 heteroatoms. The molecule has 1 saturated carbocycles. The molecule has 0 bridgehead atoms. The number of rotatable bonds is 8. The van der Waals surface area contributed by atoms with Gasteiger partial charge in [0.25, 0.3) is 5.91 Å². The molecule has 25 heavy (non-hydrogen) atoms. The topological polar surface area (TPSA) is 84.5 Å². The first-order valence-electron chi connectivity index (χ1n) is 8.82. The van der Waals surface area contributed by atoms with E-state index in [1.807, 2.05) is 0 Å². The van der Waals surface area contributed by atoms with Gasteiger partial charge in [0.05, 0.1) is 7.11 Å². The lowest BCUT2D eigenvalue weighted by Gasteiger charge is -2.16. The van der Waals surface area contributed by atoms with Crippen LogP contribution in [0, 0.1) is 5.92 Å². The molecule has 2 rings (SSSR count). The summed E-state index contributed by atoms with van der Waals surface area (Å²) in [4.78, 5) is 12.3. The molecule has 1 fully saturated rings. The summed E-state index contributed by atoms with van der Waals surface area (Å²) in [5.41, 5.74) is 0.316. The Morgan fingerprint density at radius 2 is 1.96 bits per heavy atom. The van der Waals surface area contributed by atoms with E-state index < -0.39 is 10.0 Å². The highest BCUT2D eigenvalue weighted by Crippen LogP contribution is 2.27. The minimum atomic E-state index is -3.73. The molecule has 0 radical (unpaired) electrons. The van der Waals surface area contributed by atoms with Crippen molar-refractivity contribution in [3.05, 3.63) is 23.8 Å². The van der Waals surface area contributed by atoms with Crippen LogP contribution in [-0.4, -0.2) is 34.0 Å². The van der Waals surface area contributed by atoms with Crippen LogP contribution in [0.15, 0.2) is 23.1 Å². The standard InChI is InChI=1S/C18H28N2O4S/c1-13(2)10-11-19-18(21)14-8-9-16(24-3)17(12-14)25(22,23)20-15-6-4-5-7-15/h8-9,12-13,15,20H,4-7,10-11H2,1-3H3,(H,19,21). The van der Waals surface area contributed by atoms with E-state index in [9.17, 15) is 13.2 Å². The molecule has 0 spiro atoms. The first-order valence-corrected chi connectivity index (χ1v) is 10.3. The second kappa shape index (κ2) is 8.67. The highest BCUT2D eigenvalue weighted by molar-refractivity contribution is 7.89. The van der Waals surface area contributed by atoms with Crippen molar-refractivity contribution in [1.82, 2.24) is 10.0 Å². The highest BCUT2D eigenvalue weighted by atomic mass is 32.2. The van der Waals surface area contributed by atoms with E-state index in [1.165, 1.54) is 19.2 Å². The Labute approximate surface area is 150 Å². The summed E-state index contributed by atoms with van der Waals surface area (Å²) in [5, 5.41) is 2.82. The van der Waals surface area contributed by atoms with Crippen LogP contribution in [0.1, 0.15) is 56.3 Å². The second-order valence-corrected chi connectivity index (χ2v) is 8.59. The summed E-state index contributed by atoms with van der Waals surface area (Å²) >= 11 is 0. The molecule has 2 N–H and O–H groups in total. The summed E-state index contributed by atoms with van der Waals surface area (Å²) in [6.45, 7) is 4.72. The monoisotopic (exact) mass is 368 g/mol. The summed E-state index contributed by atoms with van der Waals surface area (Å²) < 4.78 is 33.4. The Morgan fingerprint density at radius 1 is 1.28 bits per heavy atom. The predicted octanol–water partition coefficient (Wildman–Crippen LogP) is 2.69. The Bertz CT molecular complexity index is 695. The number of carbonyl (C=O) groups is 1. The molecule has 1 aromatic carbocycles. The van der Waals surface area contributed by atoms with E-state index in [1.54, 1.807) is 6.07 Å². The van der Waals surface area contributed by atoms with Crippen molar-refractivity contribution in [1.29, 1.82) is 0 Å². The van der Waals surface area contributed by atoms with Crippen LogP contribution in [0.5, 0.6) is 5.75 Å². The number of nitrogens with one attached hydrogen (secondary N) is 2. The van der Waals surface area contributed by atoms with Crippen LogP contribution in [0.25, 0.3) is 0 Å². The van der Waals surface area contributed by atoms with Gasteiger partial charge < -0.3 is 10.1 Å². The zero-order chi connectivity index (χ0) is 18.4. The summed E-state index contributed by atoms with van der Waals surface area (Å²) in [6, 6.07) is 4.46. The van der Waals surface area contributed by atoms with Crippen molar-refractivity contribution in [3.63, 3.8) is 0 Å². The number of ether oxygens (including phenoxy) is 1. The minimum absolute atomic E-state index is 0.0124. The van der Waals surface area contributed by atoms with E-state index in [0.717, 1.165) is 32.1 Å². The molecule has 6 nitrogen and oxygen atoms in total. The number of methoxy groups -OCH3 is 1. The molecule has 0 unspecified atom stereocenters. The number of carbonyl (C=O) groups excluding carboxylic acids is 1. The van der Waals surface area contributed by atoms with Crippen LogP contribution < -0.4 is 14.8 Å². The minimum Gasteiger partial charge on any atom is -0.495 e. The van der Waals surface area contributed by atoms with Crippen LogP contribution in [0.3, 0.4) is 0 Å². The number of hydrogen-bond acceptors (Lipinski definition) is 4. The van der Waals surface area contributed by atoms with E-state index in [0.29, 0.717) is 18.0 Å². The smallest absolute Gasteiger partial charge is 0.251 e. The van der Waals surface area contributed by atoms with Gasteiger partial charge in [-0.05, 0) is 43.4 Å². The molecular formula is C18H28N2O4S. The fraction of sp³-hybridized carbons (Fsp3) is 0.611. The maximum Gasteiger partial charge on any atom is 0.251 e. The van der Waals surface area contributed by atoms with Gasteiger partial charge in [-0.25, -0.2) is 13.1 Å². The molecule has 140 valence electrons. The average Bonchev–Trinajstić information content (AvgIpc) is 3.06. The van der Waals surface area contributed by atoms with E-state index in [-0.39, 0.29) is 22.6 Å². The van der Waals surface area contributed by atoms with Gasteiger partial charge in [0.2, 0.25) is 10.0 Å². The first kappa shape index (κ1) is 19.7. The molecule has 1 aromatic rings. The van der Waals surface area contributed by atoms with E-state index in [4.69, 9.17) is 4.74 Å². The van der Waals surface area contributed by atoms with Gasteiger partial charge in [-0.2, -0.15) is 0 Å². The normalized spacial score (nSPS) is 15.5. The van der Waals surface area contributed by atoms with Gasteiger partial charge in [0.1, 0.15) is 10.6 Å². The molecule has 0 atom stereocenters. The molecule has 0 aromatic heterocycles. The largest absolute Gasteiger partial charge is 0.495 e. The van der Waals surface area contributed by atoms with E-state index in [2.05, 4.69) is 23.9 Å². The third-order valence-corrected chi connectivity index (χ3v) is 5.94. The van der Waals surface area contributed by atoms with Gasteiger partial charge in [0.15, 0.2) is 0 Å². The lowest BCUT2D eigenvalue weighted by atomic mass is 10.1. The fourth-order valence-electron chi connectivity index (χ4n) is 2.93. The van der Waals surface area contributed by atoms with Gasteiger partial charge in [-0.3, -0.25) is 4.79 Å². The molecule has 1 aliphatic rings. The van der Waals surface area contributed by atoms with Crippen LogP contribution in [0.2, 0.25) is 0 Å². The zero-order valence-electron chi connectivity index (χ0n) is 15.2. The highest BCUT2D eigenvalue weighted by Gasteiger charge is 2.26. The van der Waals surface area contributed by atoms with E-state index >= 15 is 0 Å². The lowest BCUT2D eigenvalue weighted by Crippen LogP contribution is -2.33. The van der Waals surface area contributed by atoms with Crippen molar-refractivity contribution in [2.45, 2.75) is 56.9 Å². The zero-order valence-corrected chi connectivity index (χ0v) is 16.0. The molecule has 0 saturated heterocycles. The Hall–Kier alpha value is -1.60. The van der Waals surface area contributed by atoms with Crippen molar-refractivity contribution < 1.29 is 17.9 Å². The number of amides is 1. The van der Waals surface area contributed by atoms with Crippen molar-refractivity contribution in [3.8, 4) is 5.75 Å². The molecule has 1 aliphatic carbocycles. The SMILES string of the molecule is COc1ccc(C(=O)NCCC(C)C)cc1S(=O)(=O)NC1CCCC1. The van der Waals surface area contributed by atoms with Gasteiger partial charge in [-0.1, -0.05) is 26.7 Å². The Kier molecular flexibility index (Phi) is 6.84. The third-order valence-electron chi connectivity index (χ3n) is 4.40. The maximum atomic E-state index is 12.7. The fourth-order valence-corrected chi connectivity index (χ4v) is 4.43. The molecular weight excluding hydrogens is 340 g/mol. The molecule has 0 heterocycles. The number of sulfonamides is 1. The quantitative estimate of drug-likeness (QED) is 0.739. The first-order chi connectivity index (χ1) is 11.8. The lowest BCUT2D eigenvalue weighted by molar-refractivity contribution is 0.0951. The molecule has 0 aliphatic heterocycles. The summed E-state index contributed by atoms with van der Waals surface area (Å²) in [5.74, 6) is 0.451. The Balaban J connectivity index is 2.19. The van der Waals surface area contributed by atoms with Crippen molar-refractivity contribution >= 4 is 15.9 Å². The molecule has 1 amide bonds. The van der Waals surface area contributed by atoms with Gasteiger partial charge in [-0.15, -0.1) is 0 Å². The van der Waals surface area contributed by atoms with Crippen molar-refractivity contribution in [2.75, 3.05) is 13.7 Å². The van der Waals surface area contributed by atoms with Crippen LogP contribution in [0.4, 0.5) is 0 Å². The van der Waals surface area contributed by atoms with Crippen molar-refractivity contribution in [2.24, 2.45) is 5.92 Å². The predicted molar refractivity (Wildman–Crippen MR) is 97.4 cm³/mol. The van der Waals surface area contributed by atoms with Crippen LogP contribution in [-0.2, 0) is 10.0 Å². The van der Waals surface area contributed by atoms with Crippen LogP contribution >= 0.6 is 0 Å². The second-order valence-electron chi connectivity index (χ2n) is 6.91. The van der Waals surface area contributed by atoms with Gasteiger partial charge >= 0.3 is 0 Å². The average molecular weight is 368 g/mol. The number of hydrogen-bond donors (Lipinski definition) is 2. The van der Waals surface area contributed by atoms with Gasteiger partial charge in [0, 0.05) is 18.2 Å². The Morgan fingerprint density at radius 3 is 2.56 bits per heavy atom. The summed E-state index contributed by atoms with van der Waals surface area (Å²) in [6.07, 6.45) is 4.62. The maximum absolute atomic E-state index is 12.7. The summed E-state index contributed by atoms with van der Waals surface area (Å²) in [7, 11) is -2.31. The third kappa shape index (κ3) is 5.44. The number of benzene rings is 1.